The molecule has 0 aromatic heterocycles. The van der Waals surface area contributed by atoms with Crippen LogP contribution in [0.15, 0.2) is 30.3 Å². The second-order valence-electron chi connectivity index (χ2n) is 2.37. The predicted octanol–water partition coefficient (Wildman–Crippen LogP) is 1.68. The summed E-state index contributed by atoms with van der Waals surface area (Å²) in [5.41, 5.74) is 7.58. The van der Waals surface area contributed by atoms with Crippen LogP contribution in [0.4, 0.5) is 0 Å². The Labute approximate surface area is 71.9 Å². The van der Waals surface area contributed by atoms with E-state index in [9.17, 15) is 0 Å². The maximum atomic E-state index is 8.32. The molecule has 2 N–H and O–H groups in total. The van der Waals surface area contributed by atoms with Gasteiger partial charge in [-0.1, -0.05) is 24.3 Å². The van der Waals surface area contributed by atoms with Crippen molar-refractivity contribution in [3.05, 3.63) is 41.5 Å². The standard InChI is InChI=1S/C10H10N2/c11-7-3-6-9-4-1-2-5-10(9)8-12/h1-6H,8,12H2/b6-3+. The summed E-state index contributed by atoms with van der Waals surface area (Å²) >= 11 is 0. The summed E-state index contributed by atoms with van der Waals surface area (Å²) in [6.07, 6.45) is 3.22. The molecule has 0 spiro atoms. The lowest BCUT2D eigenvalue weighted by atomic mass is 10.1. The summed E-state index contributed by atoms with van der Waals surface area (Å²) in [5, 5.41) is 8.32. The summed E-state index contributed by atoms with van der Waals surface area (Å²) in [6.45, 7) is 0.506. The monoisotopic (exact) mass is 158 g/mol. The molecule has 2 heteroatoms. The Kier molecular flexibility index (Phi) is 3.06. The molecule has 0 aliphatic rings. The highest BCUT2D eigenvalue weighted by Crippen LogP contribution is 2.09. The summed E-state index contributed by atoms with van der Waals surface area (Å²) in [4.78, 5) is 0. The quantitative estimate of drug-likeness (QED) is 0.666. The first-order chi connectivity index (χ1) is 5.88. The van der Waals surface area contributed by atoms with Gasteiger partial charge in [-0.15, -0.1) is 0 Å². The fourth-order valence-corrected chi connectivity index (χ4v) is 1.01. The second-order valence-corrected chi connectivity index (χ2v) is 2.37. The number of benzene rings is 1. The van der Waals surface area contributed by atoms with E-state index in [0.29, 0.717) is 6.54 Å². The fraction of sp³-hybridized carbons (Fsp3) is 0.100. The van der Waals surface area contributed by atoms with Gasteiger partial charge in [0.1, 0.15) is 0 Å². The molecular weight excluding hydrogens is 148 g/mol. The molecule has 1 rings (SSSR count). The Morgan fingerprint density at radius 3 is 2.83 bits per heavy atom. The maximum Gasteiger partial charge on any atom is 0.0912 e. The molecule has 1 aromatic rings. The Balaban J connectivity index is 2.99. The van der Waals surface area contributed by atoms with Crippen LogP contribution in [0, 0.1) is 11.3 Å². The van der Waals surface area contributed by atoms with Crippen molar-refractivity contribution < 1.29 is 0 Å². The Morgan fingerprint density at radius 1 is 1.42 bits per heavy atom. The molecule has 0 atom stereocenters. The maximum absolute atomic E-state index is 8.32. The average Bonchev–Trinajstić information content (AvgIpc) is 2.15. The van der Waals surface area contributed by atoms with Gasteiger partial charge in [-0.2, -0.15) is 5.26 Å². The van der Waals surface area contributed by atoms with Gasteiger partial charge in [0.05, 0.1) is 6.07 Å². The molecule has 60 valence electrons. The van der Waals surface area contributed by atoms with Crippen molar-refractivity contribution in [3.63, 3.8) is 0 Å². The average molecular weight is 158 g/mol. The largest absolute Gasteiger partial charge is 0.326 e. The van der Waals surface area contributed by atoms with E-state index in [1.54, 1.807) is 6.08 Å². The molecule has 0 saturated heterocycles. The van der Waals surface area contributed by atoms with Gasteiger partial charge >= 0.3 is 0 Å². The number of hydrogen-bond donors (Lipinski definition) is 1. The van der Waals surface area contributed by atoms with Crippen molar-refractivity contribution >= 4 is 6.08 Å². The highest BCUT2D eigenvalue weighted by atomic mass is 14.5. The van der Waals surface area contributed by atoms with Crippen LogP contribution >= 0.6 is 0 Å². The summed E-state index contributed by atoms with van der Waals surface area (Å²) in [6, 6.07) is 9.71. The van der Waals surface area contributed by atoms with Crippen LogP contribution in [0.3, 0.4) is 0 Å². The molecule has 0 radical (unpaired) electrons. The molecule has 0 amide bonds. The van der Waals surface area contributed by atoms with E-state index in [0.717, 1.165) is 11.1 Å². The molecule has 0 aliphatic heterocycles. The van der Waals surface area contributed by atoms with Crippen LogP contribution in [0.5, 0.6) is 0 Å². The van der Waals surface area contributed by atoms with Crippen LogP contribution in [-0.4, -0.2) is 0 Å². The van der Waals surface area contributed by atoms with Crippen molar-refractivity contribution in [2.24, 2.45) is 5.73 Å². The first-order valence-electron chi connectivity index (χ1n) is 3.72. The van der Waals surface area contributed by atoms with Crippen LogP contribution in [0.1, 0.15) is 11.1 Å². The van der Waals surface area contributed by atoms with Crippen LogP contribution < -0.4 is 5.73 Å². The molecule has 0 unspecified atom stereocenters. The van der Waals surface area contributed by atoms with Crippen molar-refractivity contribution in [3.8, 4) is 6.07 Å². The molecular formula is C10H10N2. The lowest BCUT2D eigenvalue weighted by Crippen LogP contribution is -1.97. The molecule has 0 fully saturated rings. The van der Waals surface area contributed by atoms with E-state index in [1.165, 1.54) is 6.08 Å². The molecule has 0 aliphatic carbocycles. The summed E-state index contributed by atoms with van der Waals surface area (Å²) in [7, 11) is 0. The normalized spacial score (nSPS) is 10.0. The number of rotatable bonds is 2. The highest BCUT2D eigenvalue weighted by Gasteiger charge is 1.93. The van der Waals surface area contributed by atoms with Crippen molar-refractivity contribution in [1.29, 1.82) is 5.26 Å². The van der Waals surface area contributed by atoms with Crippen LogP contribution in [0.25, 0.3) is 6.08 Å². The molecule has 0 saturated carbocycles. The second kappa shape index (κ2) is 4.32. The number of allylic oxidation sites excluding steroid dienone is 1. The number of nitriles is 1. The lowest BCUT2D eigenvalue weighted by Gasteiger charge is -2.00. The van der Waals surface area contributed by atoms with Crippen molar-refractivity contribution in [2.75, 3.05) is 0 Å². The fourth-order valence-electron chi connectivity index (χ4n) is 1.01. The molecule has 1 aromatic carbocycles. The van der Waals surface area contributed by atoms with E-state index < -0.39 is 0 Å². The summed E-state index contributed by atoms with van der Waals surface area (Å²) < 4.78 is 0. The van der Waals surface area contributed by atoms with Crippen molar-refractivity contribution in [2.45, 2.75) is 6.54 Å². The van der Waals surface area contributed by atoms with Gasteiger partial charge < -0.3 is 5.73 Å². The number of nitrogens with zero attached hydrogens (tertiary/aromatic N) is 1. The third kappa shape index (κ3) is 1.94. The van der Waals surface area contributed by atoms with Gasteiger partial charge in [-0.25, -0.2) is 0 Å². The van der Waals surface area contributed by atoms with Gasteiger partial charge in [0.2, 0.25) is 0 Å². The smallest absolute Gasteiger partial charge is 0.0912 e. The number of nitrogens with two attached hydrogens (primary N) is 1. The van der Waals surface area contributed by atoms with Gasteiger partial charge in [-0.05, 0) is 17.2 Å². The molecule has 12 heavy (non-hydrogen) atoms. The van der Waals surface area contributed by atoms with Gasteiger partial charge in [-0.3, -0.25) is 0 Å². The Bertz CT molecular complexity index is 321. The van der Waals surface area contributed by atoms with E-state index in [4.69, 9.17) is 11.0 Å². The SMILES string of the molecule is N#C/C=C/c1ccccc1CN. The molecule has 0 heterocycles. The number of hydrogen-bond acceptors (Lipinski definition) is 2. The Morgan fingerprint density at radius 2 is 2.17 bits per heavy atom. The minimum atomic E-state index is 0.506. The molecule has 0 bridgehead atoms. The minimum Gasteiger partial charge on any atom is -0.326 e. The van der Waals surface area contributed by atoms with Gasteiger partial charge in [0, 0.05) is 12.6 Å². The third-order valence-corrected chi connectivity index (χ3v) is 1.61. The third-order valence-electron chi connectivity index (χ3n) is 1.61. The highest BCUT2D eigenvalue weighted by molar-refractivity contribution is 5.55. The van der Waals surface area contributed by atoms with Gasteiger partial charge in [0.25, 0.3) is 0 Å². The molecule has 2 nitrogen and oxygen atoms in total. The summed E-state index contributed by atoms with van der Waals surface area (Å²) in [5.74, 6) is 0. The van der Waals surface area contributed by atoms with E-state index >= 15 is 0 Å². The van der Waals surface area contributed by atoms with E-state index in [1.807, 2.05) is 30.3 Å². The first-order valence-corrected chi connectivity index (χ1v) is 3.72. The van der Waals surface area contributed by atoms with Crippen LogP contribution in [-0.2, 0) is 6.54 Å². The topological polar surface area (TPSA) is 49.8 Å². The van der Waals surface area contributed by atoms with Crippen LogP contribution in [0.2, 0.25) is 0 Å². The Hall–Kier alpha value is -1.59. The van der Waals surface area contributed by atoms with E-state index in [2.05, 4.69) is 0 Å². The zero-order valence-electron chi connectivity index (χ0n) is 6.70. The minimum absolute atomic E-state index is 0.506. The zero-order valence-corrected chi connectivity index (χ0v) is 6.70. The van der Waals surface area contributed by atoms with Crippen molar-refractivity contribution in [1.82, 2.24) is 0 Å². The van der Waals surface area contributed by atoms with E-state index in [-0.39, 0.29) is 0 Å². The van der Waals surface area contributed by atoms with Gasteiger partial charge in [0.15, 0.2) is 0 Å². The first kappa shape index (κ1) is 8.51. The predicted molar refractivity (Wildman–Crippen MR) is 49.0 cm³/mol. The zero-order chi connectivity index (χ0) is 8.81. The lowest BCUT2D eigenvalue weighted by molar-refractivity contribution is 1.07.